The van der Waals surface area contributed by atoms with Gasteiger partial charge in [0.2, 0.25) is 5.91 Å². The van der Waals surface area contributed by atoms with Gasteiger partial charge >= 0.3 is 12.1 Å². The zero-order chi connectivity index (χ0) is 25.2. The summed E-state index contributed by atoms with van der Waals surface area (Å²) in [5, 5.41) is 0. The molecule has 2 aromatic carbocycles. The fraction of sp³-hybridized carbons (Fsp3) is 0.360. The molecule has 1 amide bonds. The molecule has 0 spiro atoms. The van der Waals surface area contributed by atoms with E-state index in [1.165, 1.54) is 31.2 Å². The number of carbonyl (C=O) groups excluding carboxylic acids is 2. The largest absolute Gasteiger partial charge is 0.462 e. The topological polar surface area (TPSA) is 46.6 Å². The summed E-state index contributed by atoms with van der Waals surface area (Å²) in [4.78, 5) is 27.2. The zero-order valence-electron chi connectivity index (χ0n) is 18.9. The maximum atomic E-state index is 14.2. The number of ether oxygens (including phenoxy) is 1. The Bertz CT molecular complexity index is 1120. The first-order chi connectivity index (χ1) is 15.9. The molecule has 0 aromatic heterocycles. The van der Waals surface area contributed by atoms with Gasteiger partial charge in [0.05, 0.1) is 24.3 Å². The second-order valence-corrected chi connectivity index (χ2v) is 8.55. The molecule has 182 valence electrons. The van der Waals surface area contributed by atoms with Crippen molar-refractivity contribution in [2.24, 2.45) is 5.92 Å². The monoisotopic (exact) mass is 481 g/mol. The van der Waals surface area contributed by atoms with Crippen LogP contribution in [0.25, 0.3) is 0 Å². The Morgan fingerprint density at radius 1 is 1.15 bits per heavy atom. The molecule has 0 saturated heterocycles. The van der Waals surface area contributed by atoms with Crippen LogP contribution < -0.4 is 0 Å². The number of nitrogens with zero attached hydrogens (tertiary/aromatic N) is 1. The zero-order valence-corrected chi connectivity index (χ0v) is 18.9. The molecule has 1 atom stereocenters. The van der Waals surface area contributed by atoms with Gasteiger partial charge in [0.25, 0.3) is 0 Å². The molecule has 0 aliphatic carbocycles. The van der Waals surface area contributed by atoms with Crippen LogP contribution in [0, 0.1) is 17.6 Å². The minimum atomic E-state index is -4.70. The summed E-state index contributed by atoms with van der Waals surface area (Å²) in [6.45, 7) is 4.74. The van der Waals surface area contributed by atoms with E-state index in [2.05, 4.69) is 0 Å². The lowest BCUT2D eigenvalue weighted by Crippen LogP contribution is -2.38. The lowest BCUT2D eigenvalue weighted by molar-refractivity contribution is -0.143. The number of hydrogen-bond donors (Lipinski definition) is 0. The van der Waals surface area contributed by atoms with Gasteiger partial charge in [-0.15, -0.1) is 0 Å². The lowest BCUT2D eigenvalue weighted by atomic mass is 9.81. The molecule has 4 nitrogen and oxygen atoms in total. The van der Waals surface area contributed by atoms with E-state index >= 15 is 0 Å². The first kappa shape index (κ1) is 25.4. The molecule has 9 heteroatoms. The van der Waals surface area contributed by atoms with E-state index in [4.69, 9.17) is 4.74 Å². The molecule has 0 radical (unpaired) electrons. The van der Waals surface area contributed by atoms with Crippen LogP contribution in [-0.4, -0.2) is 23.4 Å². The summed E-state index contributed by atoms with van der Waals surface area (Å²) in [6.07, 6.45) is -5.14. The number of esters is 1. The quantitative estimate of drug-likeness (QED) is 0.377. The second-order valence-electron chi connectivity index (χ2n) is 8.55. The van der Waals surface area contributed by atoms with Crippen molar-refractivity contribution in [1.29, 1.82) is 0 Å². The fourth-order valence-corrected chi connectivity index (χ4v) is 3.93. The van der Waals surface area contributed by atoms with Crippen molar-refractivity contribution in [2.45, 2.75) is 45.8 Å². The maximum Gasteiger partial charge on any atom is 0.416 e. The summed E-state index contributed by atoms with van der Waals surface area (Å²) in [6, 6.07) is 7.64. The minimum absolute atomic E-state index is 0.00172. The van der Waals surface area contributed by atoms with E-state index < -0.39 is 47.6 Å². The Morgan fingerprint density at radius 2 is 1.82 bits per heavy atom. The highest BCUT2D eigenvalue weighted by atomic mass is 19.4. The standard InChI is InChI=1S/C25H24F5NO3/c1-14(2)13-34-24(33)23-15(3)31(12-16-8-9-17(26)10-21(16)27)22(32)11-19(23)18-6-4-5-7-20(18)25(28,29)30/h4-10,14,19H,11-13H2,1-3H3/t19-/m1/s1. The van der Waals surface area contributed by atoms with Gasteiger partial charge in [0.1, 0.15) is 11.6 Å². The van der Waals surface area contributed by atoms with Crippen LogP contribution in [0.3, 0.4) is 0 Å². The van der Waals surface area contributed by atoms with Gasteiger partial charge in [0, 0.05) is 29.7 Å². The fourth-order valence-electron chi connectivity index (χ4n) is 3.93. The van der Waals surface area contributed by atoms with Gasteiger partial charge in [0.15, 0.2) is 0 Å². The van der Waals surface area contributed by atoms with Crippen molar-refractivity contribution in [2.75, 3.05) is 6.61 Å². The van der Waals surface area contributed by atoms with Crippen LogP contribution in [0.2, 0.25) is 0 Å². The maximum absolute atomic E-state index is 14.2. The predicted octanol–water partition coefficient (Wildman–Crippen LogP) is 5.97. The Labute approximate surface area is 194 Å². The van der Waals surface area contributed by atoms with Gasteiger partial charge in [-0.25, -0.2) is 13.6 Å². The smallest absolute Gasteiger partial charge is 0.416 e. The minimum Gasteiger partial charge on any atom is -0.462 e. The number of amides is 1. The molecule has 1 heterocycles. The van der Waals surface area contributed by atoms with Crippen LogP contribution in [0.4, 0.5) is 22.0 Å². The molecule has 1 aliphatic rings. The lowest BCUT2D eigenvalue weighted by Gasteiger charge is -2.35. The van der Waals surface area contributed by atoms with E-state index in [0.717, 1.165) is 17.0 Å². The van der Waals surface area contributed by atoms with Crippen molar-refractivity contribution in [3.05, 3.63) is 82.1 Å². The summed E-state index contributed by atoms with van der Waals surface area (Å²) in [7, 11) is 0. The third-order valence-corrected chi connectivity index (χ3v) is 5.58. The number of rotatable bonds is 6. The van der Waals surface area contributed by atoms with Crippen LogP contribution >= 0.6 is 0 Å². The normalized spacial score (nSPS) is 16.9. The molecule has 3 rings (SSSR count). The van der Waals surface area contributed by atoms with Crippen molar-refractivity contribution in [3.8, 4) is 0 Å². The van der Waals surface area contributed by atoms with Gasteiger partial charge in [-0.3, -0.25) is 4.79 Å². The van der Waals surface area contributed by atoms with Gasteiger partial charge in [-0.05, 0) is 30.5 Å². The molecular formula is C25H24F5NO3. The van der Waals surface area contributed by atoms with Crippen LogP contribution in [0.5, 0.6) is 0 Å². The molecular weight excluding hydrogens is 457 g/mol. The Morgan fingerprint density at radius 3 is 2.44 bits per heavy atom. The van der Waals surface area contributed by atoms with E-state index in [9.17, 15) is 31.5 Å². The molecule has 0 N–H and O–H groups in total. The highest BCUT2D eigenvalue weighted by Gasteiger charge is 2.42. The van der Waals surface area contributed by atoms with E-state index in [-0.39, 0.29) is 41.5 Å². The molecule has 0 unspecified atom stereocenters. The van der Waals surface area contributed by atoms with Crippen LogP contribution in [0.15, 0.2) is 53.7 Å². The molecule has 0 fully saturated rings. The number of allylic oxidation sites excluding steroid dienone is 1. The number of halogens is 5. The Balaban J connectivity index is 2.11. The molecule has 0 bridgehead atoms. The van der Waals surface area contributed by atoms with Gasteiger partial charge in [-0.2, -0.15) is 13.2 Å². The van der Waals surface area contributed by atoms with Crippen LogP contribution in [0.1, 0.15) is 49.8 Å². The average molecular weight is 481 g/mol. The third kappa shape index (κ3) is 5.46. The molecule has 2 aromatic rings. The average Bonchev–Trinajstić information content (AvgIpc) is 2.75. The predicted molar refractivity (Wildman–Crippen MR) is 114 cm³/mol. The van der Waals surface area contributed by atoms with E-state index in [1.807, 2.05) is 0 Å². The number of carbonyl (C=O) groups is 2. The second kappa shape index (κ2) is 9.95. The molecule has 1 aliphatic heterocycles. The van der Waals surface area contributed by atoms with Crippen molar-refractivity contribution < 1.29 is 36.3 Å². The van der Waals surface area contributed by atoms with Crippen molar-refractivity contribution >= 4 is 11.9 Å². The third-order valence-electron chi connectivity index (χ3n) is 5.58. The van der Waals surface area contributed by atoms with Gasteiger partial charge < -0.3 is 9.64 Å². The first-order valence-corrected chi connectivity index (χ1v) is 10.7. The summed E-state index contributed by atoms with van der Waals surface area (Å²) in [5.74, 6) is -4.33. The number of benzene rings is 2. The Kier molecular flexibility index (Phi) is 7.43. The van der Waals surface area contributed by atoms with E-state index in [0.29, 0.717) is 6.07 Å². The number of hydrogen-bond acceptors (Lipinski definition) is 3. The molecule has 0 saturated carbocycles. The number of alkyl halides is 3. The van der Waals surface area contributed by atoms with Crippen molar-refractivity contribution in [1.82, 2.24) is 4.90 Å². The highest BCUT2D eigenvalue weighted by molar-refractivity contribution is 5.96. The first-order valence-electron chi connectivity index (χ1n) is 10.7. The molecule has 34 heavy (non-hydrogen) atoms. The Hall–Kier alpha value is -3.23. The van der Waals surface area contributed by atoms with E-state index in [1.54, 1.807) is 13.8 Å². The SMILES string of the molecule is CC1=C(C(=O)OCC(C)C)[C@@H](c2ccccc2C(F)(F)F)CC(=O)N1Cc1ccc(F)cc1F. The van der Waals surface area contributed by atoms with Crippen LogP contribution in [-0.2, 0) is 27.0 Å². The van der Waals surface area contributed by atoms with Crippen molar-refractivity contribution in [3.63, 3.8) is 0 Å². The summed E-state index contributed by atoms with van der Waals surface area (Å²) in [5.41, 5.74) is -1.20. The summed E-state index contributed by atoms with van der Waals surface area (Å²) >= 11 is 0. The summed E-state index contributed by atoms with van der Waals surface area (Å²) < 4.78 is 74.0. The highest BCUT2D eigenvalue weighted by Crippen LogP contribution is 2.43. The van der Waals surface area contributed by atoms with Gasteiger partial charge in [-0.1, -0.05) is 38.1 Å².